The molecule has 1 N–H and O–H groups in total. The first-order valence-corrected chi connectivity index (χ1v) is 4.76. The maximum Gasteiger partial charge on any atom is 0.335 e. The molecule has 0 aliphatic heterocycles. The molecular weight excluding hydrogens is 168 g/mol. The molecule has 0 saturated heterocycles. The number of ether oxygens (including phenoxy) is 1. The largest absolute Gasteiger partial charge is 0.467 e. The van der Waals surface area contributed by atoms with E-state index < -0.39 is 12.1 Å². The van der Waals surface area contributed by atoms with Gasteiger partial charge in [0.1, 0.15) is 0 Å². The number of carbonyl (C=O) groups is 1. The van der Waals surface area contributed by atoms with E-state index in [1.165, 1.54) is 13.5 Å². The van der Waals surface area contributed by atoms with Crippen LogP contribution in [-0.2, 0) is 9.53 Å². The van der Waals surface area contributed by atoms with Crippen molar-refractivity contribution in [1.29, 1.82) is 0 Å². The van der Waals surface area contributed by atoms with Crippen molar-refractivity contribution in [2.75, 3.05) is 7.11 Å². The molecule has 0 aromatic carbocycles. The summed E-state index contributed by atoms with van der Waals surface area (Å²) in [5.74, 6) is -0.0569. The molecule has 3 heteroatoms. The third-order valence-corrected chi connectivity index (χ3v) is 3.29. The third kappa shape index (κ3) is 1.85. The number of methoxy groups -OCH3 is 1. The van der Waals surface area contributed by atoms with Gasteiger partial charge < -0.3 is 9.84 Å². The zero-order valence-corrected chi connectivity index (χ0v) is 8.54. The molecule has 13 heavy (non-hydrogen) atoms. The molecule has 3 nitrogen and oxygen atoms in total. The smallest absolute Gasteiger partial charge is 0.335 e. The summed E-state index contributed by atoms with van der Waals surface area (Å²) in [7, 11) is 1.31. The van der Waals surface area contributed by atoms with Crippen LogP contribution < -0.4 is 0 Å². The Morgan fingerprint density at radius 1 is 1.54 bits per heavy atom. The highest BCUT2D eigenvalue weighted by Gasteiger charge is 2.43. The zero-order chi connectivity index (χ0) is 10.1. The van der Waals surface area contributed by atoms with Crippen molar-refractivity contribution < 1.29 is 14.6 Å². The van der Waals surface area contributed by atoms with E-state index in [2.05, 4.69) is 4.74 Å². The number of carbonyl (C=O) groups excluding carboxylic acids is 1. The van der Waals surface area contributed by atoms with Crippen LogP contribution >= 0.6 is 0 Å². The van der Waals surface area contributed by atoms with Gasteiger partial charge in [0.05, 0.1) is 7.11 Å². The Bertz CT molecular complexity index is 194. The first-order chi connectivity index (χ1) is 6.00. The summed E-state index contributed by atoms with van der Waals surface area (Å²) >= 11 is 0. The van der Waals surface area contributed by atoms with Gasteiger partial charge in [-0.3, -0.25) is 0 Å². The summed E-state index contributed by atoms with van der Waals surface area (Å²) in [4.78, 5) is 11.1. The van der Waals surface area contributed by atoms with Crippen LogP contribution in [0.5, 0.6) is 0 Å². The second-order valence-corrected chi connectivity index (χ2v) is 4.37. The Labute approximate surface area is 79.1 Å². The summed E-state index contributed by atoms with van der Waals surface area (Å²) in [6.45, 7) is 3.86. The Balaban J connectivity index is 2.61. The molecule has 0 spiro atoms. The van der Waals surface area contributed by atoms with Gasteiger partial charge >= 0.3 is 5.97 Å². The molecular formula is C10H18O3. The minimum absolute atomic E-state index is 0.342. The summed E-state index contributed by atoms with van der Waals surface area (Å²) in [6.07, 6.45) is 2.45. The van der Waals surface area contributed by atoms with Gasteiger partial charge in [0, 0.05) is 5.41 Å². The van der Waals surface area contributed by atoms with Gasteiger partial charge in [-0.25, -0.2) is 4.79 Å². The van der Waals surface area contributed by atoms with Crippen molar-refractivity contribution in [2.24, 2.45) is 11.3 Å². The van der Waals surface area contributed by atoms with Gasteiger partial charge in [-0.1, -0.05) is 20.3 Å². The van der Waals surface area contributed by atoms with Crippen LogP contribution in [0, 0.1) is 11.3 Å². The number of aliphatic hydroxyl groups is 1. The minimum Gasteiger partial charge on any atom is -0.467 e. The van der Waals surface area contributed by atoms with E-state index in [1.54, 1.807) is 0 Å². The van der Waals surface area contributed by atoms with E-state index in [0.717, 1.165) is 12.8 Å². The Morgan fingerprint density at radius 3 is 2.38 bits per heavy atom. The number of aliphatic hydroxyl groups excluding tert-OH is 1. The zero-order valence-electron chi connectivity index (χ0n) is 8.54. The molecule has 0 radical (unpaired) electrons. The maximum atomic E-state index is 11.1. The van der Waals surface area contributed by atoms with Gasteiger partial charge in [-0.15, -0.1) is 0 Å². The molecule has 0 heterocycles. The molecule has 0 amide bonds. The lowest BCUT2D eigenvalue weighted by atomic mass is 9.64. The Kier molecular flexibility index (Phi) is 2.96. The highest BCUT2D eigenvalue weighted by Crippen LogP contribution is 2.43. The maximum absolute atomic E-state index is 11.1. The van der Waals surface area contributed by atoms with E-state index in [1.807, 2.05) is 13.8 Å². The number of esters is 1. The molecule has 1 unspecified atom stereocenters. The number of hydrogen-bond acceptors (Lipinski definition) is 3. The van der Waals surface area contributed by atoms with Crippen molar-refractivity contribution in [3.05, 3.63) is 0 Å². The van der Waals surface area contributed by atoms with E-state index in [9.17, 15) is 9.90 Å². The standard InChI is InChI=1S/C10H18O3/c1-10(2,7-5-4-6-7)8(11)9(12)13-3/h7-8,11H,4-6H2,1-3H3. The third-order valence-electron chi connectivity index (χ3n) is 3.29. The predicted octanol–water partition coefficient (Wildman–Crippen LogP) is 1.35. The summed E-state index contributed by atoms with van der Waals surface area (Å²) < 4.78 is 4.53. The van der Waals surface area contributed by atoms with Gasteiger partial charge in [0.15, 0.2) is 6.10 Å². The molecule has 1 aliphatic rings. The van der Waals surface area contributed by atoms with Crippen LogP contribution in [0.1, 0.15) is 33.1 Å². The van der Waals surface area contributed by atoms with E-state index >= 15 is 0 Å². The summed E-state index contributed by atoms with van der Waals surface area (Å²) in [5, 5.41) is 9.71. The van der Waals surface area contributed by atoms with E-state index in [0.29, 0.717) is 5.92 Å². The molecule has 1 fully saturated rings. The molecule has 1 aliphatic carbocycles. The Hall–Kier alpha value is -0.570. The second kappa shape index (κ2) is 3.66. The highest BCUT2D eigenvalue weighted by molar-refractivity contribution is 5.75. The monoisotopic (exact) mass is 186 g/mol. The fourth-order valence-electron chi connectivity index (χ4n) is 1.79. The van der Waals surface area contributed by atoms with Gasteiger partial charge in [-0.05, 0) is 18.8 Å². The quantitative estimate of drug-likeness (QED) is 0.677. The van der Waals surface area contributed by atoms with Crippen LogP contribution in [0.3, 0.4) is 0 Å². The van der Waals surface area contributed by atoms with E-state index in [4.69, 9.17) is 0 Å². The van der Waals surface area contributed by atoms with Crippen LogP contribution in [0.4, 0.5) is 0 Å². The lowest BCUT2D eigenvalue weighted by Crippen LogP contribution is -2.44. The number of rotatable bonds is 3. The van der Waals surface area contributed by atoms with Crippen LogP contribution in [0.2, 0.25) is 0 Å². The minimum atomic E-state index is -0.984. The van der Waals surface area contributed by atoms with Crippen molar-refractivity contribution in [2.45, 2.75) is 39.2 Å². The van der Waals surface area contributed by atoms with Crippen LogP contribution in [-0.4, -0.2) is 24.3 Å². The molecule has 0 aromatic rings. The van der Waals surface area contributed by atoms with Gasteiger partial charge in [0.25, 0.3) is 0 Å². The lowest BCUT2D eigenvalue weighted by Gasteiger charge is -2.42. The molecule has 76 valence electrons. The summed E-state index contributed by atoms with van der Waals surface area (Å²) in [5.41, 5.74) is -0.342. The number of hydrogen-bond donors (Lipinski definition) is 1. The van der Waals surface area contributed by atoms with Crippen molar-refractivity contribution in [3.63, 3.8) is 0 Å². The molecule has 0 aromatic heterocycles. The predicted molar refractivity (Wildman–Crippen MR) is 49.1 cm³/mol. The molecule has 0 bridgehead atoms. The van der Waals surface area contributed by atoms with E-state index in [-0.39, 0.29) is 5.41 Å². The van der Waals surface area contributed by atoms with Crippen molar-refractivity contribution in [3.8, 4) is 0 Å². The molecule has 1 atom stereocenters. The van der Waals surface area contributed by atoms with Crippen LogP contribution in [0.25, 0.3) is 0 Å². The topological polar surface area (TPSA) is 46.5 Å². The van der Waals surface area contributed by atoms with Gasteiger partial charge in [-0.2, -0.15) is 0 Å². The van der Waals surface area contributed by atoms with Gasteiger partial charge in [0.2, 0.25) is 0 Å². The second-order valence-electron chi connectivity index (χ2n) is 4.37. The average molecular weight is 186 g/mol. The normalized spacial score (nSPS) is 20.6. The van der Waals surface area contributed by atoms with Crippen LogP contribution in [0.15, 0.2) is 0 Å². The molecule has 1 rings (SSSR count). The molecule has 1 saturated carbocycles. The van der Waals surface area contributed by atoms with Crippen molar-refractivity contribution >= 4 is 5.97 Å². The first kappa shape index (κ1) is 10.5. The Morgan fingerprint density at radius 2 is 2.08 bits per heavy atom. The average Bonchev–Trinajstić information content (AvgIpc) is 1.97. The fourth-order valence-corrected chi connectivity index (χ4v) is 1.79. The SMILES string of the molecule is COC(=O)C(O)C(C)(C)C1CCC1. The first-order valence-electron chi connectivity index (χ1n) is 4.76. The highest BCUT2D eigenvalue weighted by atomic mass is 16.5. The lowest BCUT2D eigenvalue weighted by molar-refractivity contribution is -0.161. The fraction of sp³-hybridized carbons (Fsp3) is 0.900. The van der Waals surface area contributed by atoms with Crippen molar-refractivity contribution in [1.82, 2.24) is 0 Å². The summed E-state index contributed by atoms with van der Waals surface area (Å²) in [6, 6.07) is 0.